The molecule has 6 heteroatoms. The number of amides is 2. The first-order valence-corrected chi connectivity index (χ1v) is 11.7. The van der Waals surface area contributed by atoms with E-state index in [0.717, 1.165) is 0 Å². The van der Waals surface area contributed by atoms with E-state index in [2.05, 4.69) is 28.9 Å². The number of nitrogens with zero attached hydrogens (tertiary/aromatic N) is 1. The van der Waals surface area contributed by atoms with Crippen molar-refractivity contribution in [2.45, 2.75) is 19.3 Å². The van der Waals surface area contributed by atoms with Gasteiger partial charge >= 0.3 is 0 Å². The minimum Gasteiger partial charge on any atom is -0.497 e. The molecule has 0 spiro atoms. The summed E-state index contributed by atoms with van der Waals surface area (Å²) in [6, 6.07) is 19.7. The average molecular weight is 449 g/mol. The summed E-state index contributed by atoms with van der Waals surface area (Å²) in [6.07, 6.45) is 1.91. The Kier molecular flexibility index (Phi) is 6.61. The van der Waals surface area contributed by atoms with E-state index in [0.29, 0.717) is 43.7 Å². The molecule has 0 radical (unpaired) electrons. The Morgan fingerprint density at radius 2 is 1.84 bits per heavy atom. The highest BCUT2D eigenvalue weighted by atomic mass is 32.1. The van der Waals surface area contributed by atoms with Crippen LogP contribution in [0.2, 0.25) is 0 Å². The number of benzene rings is 2. The van der Waals surface area contributed by atoms with Gasteiger partial charge in [0.05, 0.1) is 12.5 Å². The summed E-state index contributed by atoms with van der Waals surface area (Å²) in [4.78, 5) is 29.2. The molecule has 2 heterocycles. The molecule has 1 N–H and O–H groups in total. The Hall–Kier alpha value is -3.12. The van der Waals surface area contributed by atoms with E-state index < -0.39 is 5.41 Å². The number of methoxy groups -OCH3 is 1. The number of rotatable bonds is 6. The summed E-state index contributed by atoms with van der Waals surface area (Å²) in [5, 5.41) is 4.96. The van der Waals surface area contributed by atoms with Gasteiger partial charge in [-0.25, -0.2) is 0 Å². The van der Waals surface area contributed by atoms with E-state index in [9.17, 15) is 9.59 Å². The van der Waals surface area contributed by atoms with Crippen molar-refractivity contribution in [2.24, 2.45) is 5.41 Å². The van der Waals surface area contributed by atoms with Crippen LogP contribution in [0.1, 0.15) is 28.8 Å². The van der Waals surface area contributed by atoms with Crippen LogP contribution in [0.5, 0.6) is 5.75 Å². The van der Waals surface area contributed by atoms with Crippen LogP contribution in [0, 0.1) is 5.41 Å². The highest BCUT2D eigenvalue weighted by molar-refractivity contribution is 7.13. The van der Waals surface area contributed by atoms with E-state index in [-0.39, 0.29) is 11.8 Å². The van der Waals surface area contributed by atoms with Crippen LogP contribution >= 0.6 is 11.3 Å². The van der Waals surface area contributed by atoms with Gasteiger partial charge in [-0.2, -0.15) is 0 Å². The molecule has 2 aromatic carbocycles. The van der Waals surface area contributed by atoms with Crippen LogP contribution in [0.15, 0.2) is 66.0 Å². The Bertz CT molecular complexity index is 1090. The number of nitrogens with one attached hydrogen (secondary N) is 1. The normalized spacial score (nSPS) is 15.2. The maximum Gasteiger partial charge on any atom is 0.253 e. The third-order valence-corrected chi connectivity index (χ3v) is 7.27. The van der Waals surface area contributed by atoms with Crippen molar-refractivity contribution in [3.63, 3.8) is 0 Å². The zero-order chi connectivity index (χ0) is 22.6. The third-order valence-electron chi connectivity index (χ3n) is 6.37. The number of thiophene rings is 1. The molecular formula is C26H28N2O3S. The number of hydrogen-bond donors (Lipinski definition) is 1. The van der Waals surface area contributed by atoms with Gasteiger partial charge in [0, 0.05) is 30.6 Å². The molecule has 1 fully saturated rings. The quantitative estimate of drug-likeness (QED) is 0.598. The fraction of sp³-hybridized carbons (Fsp3) is 0.308. The molecule has 3 aromatic rings. The largest absolute Gasteiger partial charge is 0.497 e. The summed E-state index contributed by atoms with van der Waals surface area (Å²) in [5.41, 5.74) is 2.43. The second-order valence-electron chi connectivity index (χ2n) is 8.19. The molecular weight excluding hydrogens is 420 g/mol. The summed E-state index contributed by atoms with van der Waals surface area (Å²) >= 11 is 1.71. The van der Waals surface area contributed by atoms with Crippen molar-refractivity contribution < 1.29 is 14.3 Å². The molecule has 0 bridgehead atoms. The first-order chi connectivity index (χ1) is 15.6. The number of likely N-dealkylation sites (tertiary alicyclic amines) is 1. The van der Waals surface area contributed by atoms with Crippen molar-refractivity contribution in [3.8, 4) is 16.2 Å². The fourth-order valence-electron chi connectivity index (χ4n) is 4.54. The van der Waals surface area contributed by atoms with Crippen molar-refractivity contribution >= 4 is 23.2 Å². The summed E-state index contributed by atoms with van der Waals surface area (Å²) in [7, 11) is 3.29. The van der Waals surface area contributed by atoms with Gasteiger partial charge in [-0.15, -0.1) is 11.3 Å². The molecule has 32 heavy (non-hydrogen) atoms. The Morgan fingerprint density at radius 1 is 1.06 bits per heavy atom. The molecule has 166 valence electrons. The molecule has 2 amide bonds. The summed E-state index contributed by atoms with van der Waals surface area (Å²) in [6.45, 7) is 1.09. The maximum absolute atomic E-state index is 13.1. The van der Waals surface area contributed by atoms with Crippen LogP contribution in [-0.2, 0) is 11.2 Å². The van der Waals surface area contributed by atoms with Crippen LogP contribution < -0.4 is 10.1 Å². The first kappa shape index (κ1) is 22.1. The van der Waals surface area contributed by atoms with Gasteiger partial charge < -0.3 is 15.0 Å². The predicted molar refractivity (Wildman–Crippen MR) is 128 cm³/mol. The zero-order valence-electron chi connectivity index (χ0n) is 18.5. The van der Waals surface area contributed by atoms with Gasteiger partial charge in [-0.05, 0) is 60.0 Å². The first-order valence-electron chi connectivity index (χ1n) is 10.8. The second kappa shape index (κ2) is 9.57. The summed E-state index contributed by atoms with van der Waals surface area (Å²) in [5.74, 6) is 0.693. The van der Waals surface area contributed by atoms with Crippen molar-refractivity contribution in [2.75, 3.05) is 27.2 Å². The highest BCUT2D eigenvalue weighted by Gasteiger charge is 2.42. The van der Waals surface area contributed by atoms with E-state index >= 15 is 0 Å². The molecule has 1 aliphatic rings. The third kappa shape index (κ3) is 4.41. The molecule has 1 aliphatic heterocycles. The van der Waals surface area contributed by atoms with Gasteiger partial charge in [-0.1, -0.05) is 36.4 Å². The number of carbonyl (C=O) groups excluding carboxylic acids is 2. The van der Waals surface area contributed by atoms with E-state index in [4.69, 9.17) is 4.74 Å². The van der Waals surface area contributed by atoms with E-state index in [1.807, 2.05) is 41.3 Å². The Balaban J connectivity index is 1.55. The zero-order valence-corrected chi connectivity index (χ0v) is 19.3. The van der Waals surface area contributed by atoms with Gasteiger partial charge in [0.1, 0.15) is 5.75 Å². The highest BCUT2D eigenvalue weighted by Crippen LogP contribution is 2.39. The fourth-order valence-corrected chi connectivity index (χ4v) is 5.32. The standard InChI is InChI=1S/C26H28N2O3S/c1-27-25(30)26(18-20-7-3-4-10-22(20)23-11-6-16-32-23)12-14-28(15-13-26)24(29)19-8-5-9-21(17-19)31-2/h3-11,16-17H,12-15,18H2,1-2H3,(H,27,30). The molecule has 4 rings (SSSR count). The lowest BCUT2D eigenvalue weighted by atomic mass is 9.72. The molecule has 0 unspecified atom stereocenters. The molecule has 0 saturated carbocycles. The van der Waals surface area contributed by atoms with Crippen molar-refractivity contribution in [1.29, 1.82) is 0 Å². The maximum atomic E-state index is 13.1. The smallest absolute Gasteiger partial charge is 0.253 e. The van der Waals surface area contributed by atoms with Crippen molar-refractivity contribution in [3.05, 3.63) is 77.2 Å². The van der Waals surface area contributed by atoms with Crippen LogP contribution in [0.3, 0.4) is 0 Å². The lowest BCUT2D eigenvalue weighted by Crippen LogP contribution is -2.50. The molecule has 0 aliphatic carbocycles. The number of ether oxygens (including phenoxy) is 1. The Morgan fingerprint density at radius 3 is 2.53 bits per heavy atom. The van der Waals surface area contributed by atoms with E-state index in [1.54, 1.807) is 31.6 Å². The SMILES string of the molecule is CNC(=O)C1(Cc2ccccc2-c2cccs2)CCN(C(=O)c2cccc(OC)c2)CC1. The molecule has 1 saturated heterocycles. The van der Waals surface area contributed by atoms with Gasteiger partial charge in [0.15, 0.2) is 0 Å². The van der Waals surface area contributed by atoms with Crippen LogP contribution in [0.25, 0.3) is 10.4 Å². The second-order valence-corrected chi connectivity index (χ2v) is 9.14. The Labute approximate surface area is 193 Å². The number of carbonyl (C=O) groups is 2. The lowest BCUT2D eigenvalue weighted by molar-refractivity contribution is -0.133. The van der Waals surface area contributed by atoms with Gasteiger partial charge in [0.2, 0.25) is 5.91 Å². The predicted octanol–water partition coefficient (Wildman–Crippen LogP) is 4.63. The average Bonchev–Trinajstić information content (AvgIpc) is 3.38. The van der Waals surface area contributed by atoms with Crippen LogP contribution in [0.4, 0.5) is 0 Å². The number of hydrogen-bond acceptors (Lipinski definition) is 4. The monoisotopic (exact) mass is 448 g/mol. The minimum atomic E-state index is -0.534. The van der Waals surface area contributed by atoms with E-state index in [1.165, 1.54) is 16.0 Å². The van der Waals surface area contributed by atoms with Gasteiger partial charge in [-0.3, -0.25) is 9.59 Å². The minimum absolute atomic E-state index is 0.0200. The number of piperidine rings is 1. The molecule has 0 atom stereocenters. The molecule has 1 aromatic heterocycles. The topological polar surface area (TPSA) is 58.6 Å². The van der Waals surface area contributed by atoms with Crippen LogP contribution in [-0.4, -0.2) is 44.0 Å². The summed E-state index contributed by atoms with van der Waals surface area (Å²) < 4.78 is 5.26. The lowest BCUT2D eigenvalue weighted by Gasteiger charge is -2.41. The van der Waals surface area contributed by atoms with Crippen molar-refractivity contribution in [1.82, 2.24) is 10.2 Å². The molecule has 5 nitrogen and oxygen atoms in total. The van der Waals surface area contributed by atoms with Gasteiger partial charge in [0.25, 0.3) is 5.91 Å².